The summed E-state index contributed by atoms with van der Waals surface area (Å²) in [7, 11) is 0. The molecule has 0 radical (unpaired) electrons. The zero-order valence-electron chi connectivity index (χ0n) is 18.4. The van der Waals surface area contributed by atoms with E-state index < -0.39 is 54.5 Å². The number of hydrogen-bond acceptors (Lipinski definition) is 7. The summed E-state index contributed by atoms with van der Waals surface area (Å²) < 4.78 is 0. The van der Waals surface area contributed by atoms with Crippen molar-refractivity contribution in [2.75, 3.05) is 6.54 Å². The number of amides is 3. The van der Waals surface area contributed by atoms with Gasteiger partial charge < -0.3 is 37.0 Å². The highest BCUT2D eigenvalue weighted by molar-refractivity contribution is 5.94. The maximum atomic E-state index is 12.9. The third-order valence-electron chi connectivity index (χ3n) is 5.05. The monoisotopic (exact) mass is 452 g/mol. The minimum absolute atomic E-state index is 0.0140. The lowest BCUT2D eigenvalue weighted by Gasteiger charge is -2.27. The van der Waals surface area contributed by atoms with Crippen LogP contribution in [0.2, 0.25) is 0 Å². The number of carboxylic acids is 1. The van der Waals surface area contributed by atoms with Crippen molar-refractivity contribution < 1.29 is 34.5 Å². The lowest BCUT2D eigenvalue weighted by atomic mass is 9.98. The fourth-order valence-electron chi connectivity index (χ4n) is 2.91. The van der Waals surface area contributed by atoms with Gasteiger partial charge in [-0.05, 0) is 30.5 Å². The minimum Gasteiger partial charge on any atom is -0.508 e. The van der Waals surface area contributed by atoms with Crippen LogP contribution in [0.4, 0.5) is 0 Å². The zero-order chi connectivity index (χ0) is 24.4. The Bertz CT molecular complexity index is 798. The SMILES string of the molecule is CCC(C)C(NC(=O)C(Cc1ccc(O)cc1)NC(=O)C(NC(=O)CN)C(C)O)C(=O)O. The molecule has 0 bridgehead atoms. The predicted molar refractivity (Wildman–Crippen MR) is 115 cm³/mol. The summed E-state index contributed by atoms with van der Waals surface area (Å²) in [6.45, 7) is 4.36. The van der Waals surface area contributed by atoms with Crippen LogP contribution in [0.1, 0.15) is 32.8 Å². The Morgan fingerprint density at radius 1 is 0.969 bits per heavy atom. The molecule has 0 aromatic heterocycles. The molecule has 1 aromatic carbocycles. The highest BCUT2D eigenvalue weighted by Gasteiger charge is 2.32. The molecule has 11 heteroatoms. The molecule has 0 spiro atoms. The molecule has 178 valence electrons. The van der Waals surface area contributed by atoms with Gasteiger partial charge in [0.25, 0.3) is 0 Å². The van der Waals surface area contributed by atoms with Crippen LogP contribution in [0.15, 0.2) is 24.3 Å². The molecule has 5 atom stereocenters. The smallest absolute Gasteiger partial charge is 0.326 e. The molecule has 0 heterocycles. The van der Waals surface area contributed by atoms with E-state index in [1.807, 2.05) is 0 Å². The van der Waals surface area contributed by atoms with Crippen LogP contribution in [0.3, 0.4) is 0 Å². The van der Waals surface area contributed by atoms with Crippen molar-refractivity contribution in [3.63, 3.8) is 0 Å². The Morgan fingerprint density at radius 2 is 1.56 bits per heavy atom. The van der Waals surface area contributed by atoms with Crippen LogP contribution in [0.25, 0.3) is 0 Å². The largest absolute Gasteiger partial charge is 0.508 e. The number of carboxylic acid groups (broad SMARTS) is 1. The summed E-state index contributed by atoms with van der Waals surface area (Å²) in [5, 5.41) is 36.0. The minimum atomic E-state index is -1.37. The van der Waals surface area contributed by atoms with Gasteiger partial charge in [0.05, 0.1) is 12.6 Å². The number of aliphatic hydroxyl groups excluding tert-OH is 1. The Kier molecular flexibility index (Phi) is 10.6. The van der Waals surface area contributed by atoms with E-state index in [1.54, 1.807) is 26.0 Å². The lowest BCUT2D eigenvalue weighted by Crippen LogP contribution is -2.59. The van der Waals surface area contributed by atoms with Gasteiger partial charge in [-0.15, -0.1) is 0 Å². The van der Waals surface area contributed by atoms with E-state index in [0.29, 0.717) is 12.0 Å². The molecule has 0 aliphatic heterocycles. The third-order valence-corrected chi connectivity index (χ3v) is 5.05. The zero-order valence-corrected chi connectivity index (χ0v) is 18.4. The summed E-state index contributed by atoms with van der Waals surface area (Å²) in [5.74, 6) is -3.81. The van der Waals surface area contributed by atoms with Crippen molar-refractivity contribution in [1.82, 2.24) is 16.0 Å². The summed E-state index contributed by atoms with van der Waals surface area (Å²) in [6, 6.07) is 2.16. The van der Waals surface area contributed by atoms with Crippen LogP contribution < -0.4 is 21.7 Å². The molecule has 3 amide bonds. The number of rotatable bonds is 12. The number of carbonyl (C=O) groups excluding carboxylic acids is 3. The maximum Gasteiger partial charge on any atom is 0.326 e. The Labute approximate surface area is 186 Å². The van der Waals surface area contributed by atoms with Gasteiger partial charge in [0, 0.05) is 6.42 Å². The molecule has 0 fully saturated rings. The van der Waals surface area contributed by atoms with Gasteiger partial charge in [-0.2, -0.15) is 0 Å². The number of nitrogens with one attached hydrogen (secondary N) is 3. The molecule has 1 aromatic rings. The summed E-state index contributed by atoms with van der Waals surface area (Å²) in [5.41, 5.74) is 5.83. The van der Waals surface area contributed by atoms with E-state index in [0.717, 1.165) is 0 Å². The molecular formula is C21H32N4O7. The van der Waals surface area contributed by atoms with Crippen LogP contribution in [0.5, 0.6) is 5.75 Å². The van der Waals surface area contributed by atoms with E-state index in [-0.39, 0.29) is 18.1 Å². The van der Waals surface area contributed by atoms with E-state index in [2.05, 4.69) is 16.0 Å². The summed E-state index contributed by atoms with van der Waals surface area (Å²) in [6.07, 6.45) is -0.807. The number of phenolic OH excluding ortho intramolecular Hbond substituents is 1. The molecule has 5 unspecified atom stereocenters. The number of aromatic hydroxyl groups is 1. The molecule has 0 saturated carbocycles. The second kappa shape index (κ2) is 12.6. The first kappa shape index (κ1) is 26.9. The molecule has 11 nitrogen and oxygen atoms in total. The number of aliphatic hydroxyl groups is 1. The highest BCUT2D eigenvalue weighted by atomic mass is 16.4. The molecule has 8 N–H and O–H groups in total. The number of benzene rings is 1. The van der Waals surface area contributed by atoms with E-state index >= 15 is 0 Å². The van der Waals surface area contributed by atoms with Crippen molar-refractivity contribution in [3.8, 4) is 5.75 Å². The molecular weight excluding hydrogens is 420 g/mol. The second-order valence-corrected chi connectivity index (χ2v) is 7.63. The number of phenols is 1. The molecule has 0 saturated heterocycles. The van der Waals surface area contributed by atoms with Crippen molar-refractivity contribution in [2.24, 2.45) is 11.7 Å². The Morgan fingerprint density at radius 3 is 2.03 bits per heavy atom. The molecule has 1 rings (SSSR count). The second-order valence-electron chi connectivity index (χ2n) is 7.63. The topological polar surface area (TPSA) is 191 Å². The van der Waals surface area contributed by atoms with Gasteiger partial charge in [0.2, 0.25) is 17.7 Å². The van der Waals surface area contributed by atoms with Gasteiger partial charge in [-0.1, -0.05) is 32.4 Å². The van der Waals surface area contributed by atoms with Crippen LogP contribution in [-0.2, 0) is 25.6 Å². The van der Waals surface area contributed by atoms with Gasteiger partial charge in [-0.25, -0.2) is 4.79 Å². The summed E-state index contributed by atoms with van der Waals surface area (Å²) >= 11 is 0. The van der Waals surface area contributed by atoms with Crippen molar-refractivity contribution in [2.45, 2.75) is 57.8 Å². The van der Waals surface area contributed by atoms with E-state index in [4.69, 9.17) is 5.73 Å². The fraction of sp³-hybridized carbons (Fsp3) is 0.524. The third kappa shape index (κ3) is 8.16. The maximum absolute atomic E-state index is 12.9. The van der Waals surface area contributed by atoms with Gasteiger partial charge in [0.1, 0.15) is 23.9 Å². The number of carbonyl (C=O) groups is 4. The molecule has 0 aliphatic rings. The molecule has 0 aliphatic carbocycles. The van der Waals surface area contributed by atoms with Crippen molar-refractivity contribution in [3.05, 3.63) is 29.8 Å². The van der Waals surface area contributed by atoms with Crippen LogP contribution in [0, 0.1) is 5.92 Å². The summed E-state index contributed by atoms with van der Waals surface area (Å²) in [4.78, 5) is 48.9. The standard InChI is InChI=1S/C21H32N4O7/c1-4-11(2)17(21(31)32)25-19(29)15(9-13-5-7-14(27)8-6-13)23-20(30)18(12(3)26)24-16(28)10-22/h5-8,11-12,15,17-18,26-27H,4,9-10,22H2,1-3H3,(H,23,30)(H,24,28)(H,25,29)(H,31,32). The van der Waals surface area contributed by atoms with Crippen LogP contribution in [-0.4, -0.2) is 69.8 Å². The predicted octanol–water partition coefficient (Wildman–Crippen LogP) is -1.14. The van der Waals surface area contributed by atoms with E-state index in [1.165, 1.54) is 19.1 Å². The first-order valence-electron chi connectivity index (χ1n) is 10.3. The first-order chi connectivity index (χ1) is 15.0. The average molecular weight is 453 g/mol. The molecule has 32 heavy (non-hydrogen) atoms. The average Bonchev–Trinajstić information content (AvgIpc) is 2.75. The van der Waals surface area contributed by atoms with Crippen LogP contribution >= 0.6 is 0 Å². The van der Waals surface area contributed by atoms with Gasteiger partial charge >= 0.3 is 5.97 Å². The Balaban J connectivity index is 3.14. The number of nitrogens with two attached hydrogens (primary N) is 1. The van der Waals surface area contributed by atoms with Gasteiger partial charge in [-0.3, -0.25) is 14.4 Å². The lowest BCUT2D eigenvalue weighted by molar-refractivity contribution is -0.144. The van der Waals surface area contributed by atoms with E-state index in [9.17, 15) is 34.5 Å². The Hall–Kier alpha value is -3.18. The van der Waals surface area contributed by atoms with Gasteiger partial charge in [0.15, 0.2) is 0 Å². The number of hydrogen-bond donors (Lipinski definition) is 7. The normalized spacial score (nSPS) is 15.5. The first-order valence-corrected chi connectivity index (χ1v) is 10.3. The van der Waals surface area contributed by atoms with Crippen molar-refractivity contribution >= 4 is 23.7 Å². The fourth-order valence-corrected chi connectivity index (χ4v) is 2.91. The van der Waals surface area contributed by atoms with Crippen molar-refractivity contribution in [1.29, 1.82) is 0 Å². The quantitative estimate of drug-likeness (QED) is 0.207. The number of aliphatic carboxylic acids is 1. The highest BCUT2D eigenvalue weighted by Crippen LogP contribution is 2.13.